The highest BCUT2D eigenvalue weighted by atomic mass is 32.1. The second-order valence-electron chi connectivity index (χ2n) is 4.80. The Morgan fingerprint density at radius 2 is 2.18 bits per heavy atom. The minimum Gasteiger partial charge on any atom is -0.330 e. The van der Waals surface area contributed by atoms with Crippen molar-refractivity contribution in [3.63, 3.8) is 0 Å². The molecule has 0 radical (unpaired) electrons. The van der Waals surface area contributed by atoms with Gasteiger partial charge in [0.15, 0.2) is 0 Å². The predicted molar refractivity (Wildman–Crippen MR) is 72.2 cm³/mol. The molecule has 0 spiro atoms. The summed E-state index contributed by atoms with van der Waals surface area (Å²) in [6.07, 6.45) is 4.20. The number of nitrogens with zero attached hydrogens (tertiary/aromatic N) is 1. The molecule has 1 fully saturated rings. The van der Waals surface area contributed by atoms with Crippen LogP contribution < -0.4 is 10.6 Å². The van der Waals surface area contributed by atoms with Gasteiger partial charge in [-0.05, 0) is 55.7 Å². The first-order valence-corrected chi connectivity index (χ1v) is 7.11. The maximum atomic E-state index is 12.3. The van der Waals surface area contributed by atoms with Crippen molar-refractivity contribution in [3.05, 3.63) is 17.5 Å². The topological polar surface area (TPSA) is 46.3 Å². The Morgan fingerprint density at radius 1 is 1.47 bits per heavy atom. The van der Waals surface area contributed by atoms with Crippen molar-refractivity contribution < 1.29 is 4.79 Å². The first-order chi connectivity index (χ1) is 8.22. The normalized spacial score (nSPS) is 24.6. The maximum Gasteiger partial charge on any atom is 0.230 e. The molecule has 1 aliphatic rings. The molecule has 1 aromatic rings. The average Bonchev–Trinajstić information content (AvgIpc) is 2.91. The maximum absolute atomic E-state index is 12.3. The minimum atomic E-state index is 0.199. The first kappa shape index (κ1) is 12.6. The van der Waals surface area contributed by atoms with Crippen LogP contribution in [-0.4, -0.2) is 19.5 Å². The lowest BCUT2D eigenvalue weighted by atomic mass is 9.81. The van der Waals surface area contributed by atoms with Gasteiger partial charge in [0.1, 0.15) is 0 Å². The van der Waals surface area contributed by atoms with Gasteiger partial charge in [0.2, 0.25) is 5.91 Å². The van der Waals surface area contributed by atoms with Crippen LogP contribution in [-0.2, 0) is 4.79 Å². The Morgan fingerprint density at radius 3 is 2.71 bits per heavy atom. The Bertz CT molecular complexity index is 356. The number of carbonyl (C=O) groups is 1. The standard InChI is InChI=1S/C13H20N2OS/c1-15(12-3-2-8-17-12)13(16)11-6-4-10(9-14)5-7-11/h2-3,8,10-11H,4-7,9,14H2,1H3. The highest BCUT2D eigenvalue weighted by molar-refractivity contribution is 7.14. The number of rotatable bonds is 3. The van der Waals surface area contributed by atoms with E-state index in [4.69, 9.17) is 5.73 Å². The second kappa shape index (κ2) is 5.65. The summed E-state index contributed by atoms with van der Waals surface area (Å²) in [7, 11) is 1.88. The third-order valence-electron chi connectivity index (χ3n) is 3.70. The summed E-state index contributed by atoms with van der Waals surface area (Å²) in [6.45, 7) is 0.766. The molecule has 17 heavy (non-hydrogen) atoms. The molecular weight excluding hydrogens is 232 g/mol. The molecule has 1 aliphatic carbocycles. The molecule has 0 atom stereocenters. The number of thiophene rings is 1. The largest absolute Gasteiger partial charge is 0.330 e. The van der Waals surface area contributed by atoms with Gasteiger partial charge in [0.05, 0.1) is 5.00 Å². The van der Waals surface area contributed by atoms with Gasteiger partial charge in [0.25, 0.3) is 0 Å². The van der Waals surface area contributed by atoms with E-state index in [1.807, 2.05) is 24.6 Å². The van der Waals surface area contributed by atoms with Gasteiger partial charge < -0.3 is 10.6 Å². The zero-order valence-corrected chi connectivity index (χ0v) is 11.1. The average molecular weight is 252 g/mol. The fourth-order valence-electron chi connectivity index (χ4n) is 2.49. The van der Waals surface area contributed by atoms with E-state index < -0.39 is 0 Å². The van der Waals surface area contributed by atoms with E-state index in [1.165, 1.54) is 0 Å². The van der Waals surface area contributed by atoms with Crippen LogP contribution in [0.3, 0.4) is 0 Å². The summed E-state index contributed by atoms with van der Waals surface area (Å²) in [5.74, 6) is 1.10. The fourth-order valence-corrected chi connectivity index (χ4v) is 3.19. The zero-order chi connectivity index (χ0) is 12.3. The SMILES string of the molecule is CN(C(=O)C1CCC(CN)CC1)c1cccs1. The number of anilines is 1. The van der Waals surface area contributed by atoms with Crippen molar-refractivity contribution in [1.29, 1.82) is 0 Å². The Kier molecular flexibility index (Phi) is 4.18. The molecule has 2 rings (SSSR count). The summed E-state index contributed by atoms with van der Waals surface area (Å²) in [4.78, 5) is 14.1. The van der Waals surface area contributed by atoms with Gasteiger partial charge in [-0.1, -0.05) is 0 Å². The molecule has 1 aromatic heterocycles. The summed E-state index contributed by atoms with van der Waals surface area (Å²) in [5, 5.41) is 3.04. The van der Waals surface area contributed by atoms with Gasteiger partial charge >= 0.3 is 0 Å². The summed E-state index contributed by atoms with van der Waals surface area (Å²) < 4.78 is 0. The van der Waals surface area contributed by atoms with Crippen molar-refractivity contribution in [3.8, 4) is 0 Å². The Labute approximate surface area is 107 Å². The van der Waals surface area contributed by atoms with Crippen LogP contribution in [0.5, 0.6) is 0 Å². The number of hydrogen-bond donors (Lipinski definition) is 1. The zero-order valence-electron chi connectivity index (χ0n) is 10.3. The highest BCUT2D eigenvalue weighted by Gasteiger charge is 2.28. The number of hydrogen-bond acceptors (Lipinski definition) is 3. The third kappa shape index (κ3) is 2.87. The summed E-state index contributed by atoms with van der Waals surface area (Å²) in [5.41, 5.74) is 5.67. The molecule has 0 bridgehead atoms. The molecule has 1 amide bonds. The molecule has 0 aliphatic heterocycles. The molecule has 0 saturated heterocycles. The Balaban J connectivity index is 1.93. The monoisotopic (exact) mass is 252 g/mol. The quantitative estimate of drug-likeness (QED) is 0.898. The smallest absolute Gasteiger partial charge is 0.230 e. The van der Waals surface area contributed by atoms with Gasteiger partial charge in [0, 0.05) is 13.0 Å². The van der Waals surface area contributed by atoms with E-state index in [-0.39, 0.29) is 11.8 Å². The van der Waals surface area contributed by atoms with E-state index in [9.17, 15) is 4.79 Å². The molecule has 1 saturated carbocycles. The fraction of sp³-hybridized carbons (Fsp3) is 0.615. The van der Waals surface area contributed by atoms with Gasteiger partial charge in [-0.15, -0.1) is 11.3 Å². The molecule has 0 aromatic carbocycles. The lowest BCUT2D eigenvalue weighted by Gasteiger charge is -2.29. The first-order valence-electron chi connectivity index (χ1n) is 6.23. The van der Waals surface area contributed by atoms with E-state index in [1.54, 1.807) is 16.2 Å². The highest BCUT2D eigenvalue weighted by Crippen LogP contribution is 2.31. The van der Waals surface area contributed by atoms with E-state index in [2.05, 4.69) is 0 Å². The lowest BCUT2D eigenvalue weighted by molar-refractivity contribution is -0.123. The summed E-state index contributed by atoms with van der Waals surface area (Å²) >= 11 is 1.61. The molecule has 2 N–H and O–H groups in total. The number of carbonyl (C=O) groups excluding carboxylic acids is 1. The van der Waals surface area contributed by atoms with Crippen molar-refractivity contribution in [2.24, 2.45) is 17.6 Å². The molecule has 4 heteroatoms. The Hall–Kier alpha value is -0.870. The van der Waals surface area contributed by atoms with Crippen LogP contribution in [0.15, 0.2) is 17.5 Å². The lowest BCUT2D eigenvalue weighted by Crippen LogP contribution is -2.35. The van der Waals surface area contributed by atoms with Crippen LogP contribution in [0.25, 0.3) is 0 Å². The predicted octanol–water partition coefficient (Wildman–Crippen LogP) is 2.48. The molecule has 1 heterocycles. The van der Waals surface area contributed by atoms with Crippen LogP contribution in [0.4, 0.5) is 5.00 Å². The van der Waals surface area contributed by atoms with Gasteiger partial charge in [-0.25, -0.2) is 0 Å². The molecular formula is C13H20N2OS. The van der Waals surface area contributed by atoms with Gasteiger partial charge in [-0.2, -0.15) is 0 Å². The van der Waals surface area contributed by atoms with E-state index in [0.29, 0.717) is 5.92 Å². The number of nitrogens with two attached hydrogens (primary N) is 1. The van der Waals surface area contributed by atoms with Crippen molar-refractivity contribution >= 4 is 22.2 Å². The van der Waals surface area contributed by atoms with Crippen LogP contribution >= 0.6 is 11.3 Å². The molecule has 3 nitrogen and oxygen atoms in total. The molecule has 94 valence electrons. The van der Waals surface area contributed by atoms with Gasteiger partial charge in [-0.3, -0.25) is 4.79 Å². The second-order valence-corrected chi connectivity index (χ2v) is 5.73. The summed E-state index contributed by atoms with van der Waals surface area (Å²) in [6, 6.07) is 3.98. The van der Waals surface area contributed by atoms with Crippen molar-refractivity contribution in [2.75, 3.05) is 18.5 Å². The van der Waals surface area contributed by atoms with Crippen LogP contribution in [0.2, 0.25) is 0 Å². The third-order valence-corrected chi connectivity index (χ3v) is 4.64. The van der Waals surface area contributed by atoms with E-state index >= 15 is 0 Å². The van der Waals surface area contributed by atoms with Crippen molar-refractivity contribution in [1.82, 2.24) is 0 Å². The minimum absolute atomic E-state index is 0.199. The van der Waals surface area contributed by atoms with Crippen molar-refractivity contribution in [2.45, 2.75) is 25.7 Å². The van der Waals surface area contributed by atoms with Crippen LogP contribution in [0, 0.1) is 11.8 Å². The van der Waals surface area contributed by atoms with Crippen LogP contribution in [0.1, 0.15) is 25.7 Å². The van der Waals surface area contributed by atoms with E-state index in [0.717, 1.165) is 37.2 Å². The number of amides is 1. The molecule has 0 unspecified atom stereocenters.